The molecule has 394 valence electrons. The van der Waals surface area contributed by atoms with Gasteiger partial charge in [-0.25, -0.2) is 9.97 Å². The smallest absolute Gasteiger partial charge is 0.179 e. The van der Waals surface area contributed by atoms with E-state index in [1.807, 2.05) is 86.1 Å². The average Bonchev–Trinajstić information content (AvgIpc) is 1.01. The molecule has 0 unspecified atom stereocenters. The predicted octanol–water partition coefficient (Wildman–Crippen LogP) is 16.6. The lowest BCUT2D eigenvalue weighted by molar-refractivity contribution is 0.483. The van der Waals surface area contributed by atoms with Crippen molar-refractivity contribution in [1.29, 1.82) is 0 Å². The molecule has 0 saturated carbocycles. The summed E-state index contributed by atoms with van der Waals surface area (Å²) in [4.78, 5) is 10.1. The van der Waals surface area contributed by atoms with Gasteiger partial charge in [0.05, 0.1) is 40.1 Å². The number of hydrogen-bond donors (Lipinski definition) is 0. The minimum Gasteiger partial charge on any atom is -0.457 e. The zero-order chi connectivity index (χ0) is 63.3. The van der Waals surface area contributed by atoms with Crippen LogP contribution in [0.5, 0.6) is 11.5 Å². The number of fused-ring (bicyclic) bond motifs is 4. The minimum atomic E-state index is -3.25. The molecule has 0 radical (unpaired) electrons. The lowest BCUT2D eigenvalue weighted by Gasteiger charge is -2.35. The van der Waals surface area contributed by atoms with Gasteiger partial charge in [0.25, 0.3) is 0 Å². The third-order valence-corrected chi connectivity index (χ3v) is 20.5. The number of pyridine rings is 1. The fraction of sp³-hybridized carbons (Fsp3) is 0.120. The van der Waals surface area contributed by atoms with Crippen molar-refractivity contribution >= 4 is 61.7 Å². The van der Waals surface area contributed by atoms with E-state index in [0.717, 1.165) is 65.2 Å². The summed E-state index contributed by atoms with van der Waals surface area (Å²) in [7, 11) is -3.25. The normalized spacial score (nSPS) is 13.7. The van der Waals surface area contributed by atoms with E-state index in [0.29, 0.717) is 44.8 Å². The van der Waals surface area contributed by atoms with Crippen LogP contribution in [0.25, 0.3) is 77.7 Å². The highest BCUT2D eigenvalue weighted by molar-refractivity contribution is 7.20. The summed E-state index contributed by atoms with van der Waals surface area (Å²) in [6.07, 6.45) is 3.63. The van der Waals surface area contributed by atoms with Crippen LogP contribution in [0.15, 0.2) is 261 Å². The van der Waals surface area contributed by atoms with Gasteiger partial charge in [0.15, 0.2) is 8.07 Å². The third kappa shape index (κ3) is 9.25. The first-order valence-electron chi connectivity index (χ1n) is 31.9. The predicted molar refractivity (Wildman–Crippen MR) is 342 cm³/mol. The summed E-state index contributed by atoms with van der Waals surface area (Å²) in [6, 6.07) is 63.1. The van der Waals surface area contributed by atoms with Crippen LogP contribution in [0.3, 0.4) is 0 Å². The van der Waals surface area contributed by atoms with Crippen LogP contribution in [0, 0.1) is 6.92 Å². The van der Waals surface area contributed by atoms with Gasteiger partial charge in [-0.2, -0.15) is 0 Å². The Balaban J connectivity index is 1.03. The molecule has 13 aromatic rings. The molecular formula is C75H64N4OSi. The maximum absolute atomic E-state index is 10.1. The van der Waals surface area contributed by atoms with E-state index in [2.05, 4.69) is 159 Å². The van der Waals surface area contributed by atoms with Crippen LogP contribution in [-0.2, 0) is 10.8 Å². The molecule has 0 aliphatic rings. The van der Waals surface area contributed by atoms with Crippen LogP contribution in [-0.4, -0.2) is 27.2 Å². The van der Waals surface area contributed by atoms with Crippen molar-refractivity contribution in [2.75, 3.05) is 0 Å². The maximum atomic E-state index is 10.1. The second-order valence-corrected chi connectivity index (χ2v) is 26.6. The summed E-state index contributed by atoms with van der Waals surface area (Å²) < 4.78 is 93.7. The Morgan fingerprint density at radius 1 is 0.457 bits per heavy atom. The number of nitrogens with zero attached hydrogens (tertiary/aromatic N) is 4. The highest BCUT2D eigenvalue weighted by Gasteiger charge is 2.42. The molecule has 81 heavy (non-hydrogen) atoms. The fourth-order valence-corrected chi connectivity index (χ4v) is 16.4. The maximum Gasteiger partial charge on any atom is 0.179 e. The van der Waals surface area contributed by atoms with Gasteiger partial charge in [0, 0.05) is 34.7 Å². The van der Waals surface area contributed by atoms with E-state index < -0.39 is 37.7 Å². The first-order chi connectivity index (χ1) is 43.1. The molecule has 13 rings (SSSR count). The summed E-state index contributed by atoms with van der Waals surface area (Å²) >= 11 is 0. The first-order valence-corrected chi connectivity index (χ1v) is 29.4. The number of benzene rings is 10. The highest BCUT2D eigenvalue weighted by Crippen LogP contribution is 2.41. The largest absolute Gasteiger partial charge is 0.457 e. The van der Waals surface area contributed by atoms with Gasteiger partial charge >= 0.3 is 0 Å². The van der Waals surface area contributed by atoms with Crippen LogP contribution in [0.4, 0.5) is 0 Å². The number of ether oxygens (including phenoxy) is 1. The van der Waals surface area contributed by atoms with Gasteiger partial charge < -0.3 is 4.74 Å². The molecule has 5 nitrogen and oxygen atoms in total. The molecule has 3 aromatic heterocycles. The molecule has 0 aliphatic heterocycles. The van der Waals surface area contributed by atoms with Gasteiger partial charge in [0.2, 0.25) is 0 Å². The molecule has 0 fully saturated rings. The fourth-order valence-electron chi connectivity index (χ4n) is 11.6. The molecule has 10 aromatic carbocycles. The molecule has 0 spiro atoms. The molecule has 3 heterocycles. The van der Waals surface area contributed by atoms with Crippen LogP contribution in [0.1, 0.15) is 70.6 Å². The van der Waals surface area contributed by atoms with Crippen molar-refractivity contribution in [3.8, 4) is 56.4 Å². The molecule has 0 bridgehead atoms. The molecule has 0 atom stereocenters. The van der Waals surface area contributed by atoms with Gasteiger partial charge in [-0.15, -0.1) is 0 Å². The zero-order valence-corrected chi connectivity index (χ0v) is 47.3. The number of para-hydroxylation sites is 2. The van der Waals surface area contributed by atoms with Crippen molar-refractivity contribution < 1.29 is 17.1 Å². The van der Waals surface area contributed by atoms with Crippen molar-refractivity contribution in [3.63, 3.8) is 0 Å². The van der Waals surface area contributed by atoms with Gasteiger partial charge in [-0.05, 0) is 138 Å². The Labute approximate surface area is 489 Å². The molecule has 6 heteroatoms. The van der Waals surface area contributed by atoms with Gasteiger partial charge in [-0.1, -0.05) is 223 Å². The second kappa shape index (κ2) is 20.4. The molecule has 0 N–H and O–H groups in total. The standard InChI is InChI=1S/C75H64N4OSi/c1-51-67(52-24-12-8-13-25-52)43-56(75(5,6)7)44-68(51)54-27-22-26-53(42-54)64-35-23-37-70-73(64)77-50-78(70)57-46-59(48-63(47-57)81(60-28-14-9-15-29-60,61-30-16-10-17-31-61)62-32-18-11-19-33-62)80-58-38-39-66-65-34-20-21-36-69(65)79(71(66)49-58)72-45-55(40-41-76-72)74(2,3)4/h8-50H,1-7H3/i8D,12D,13D,22D,24D,25D,26D,27D,42D. The van der Waals surface area contributed by atoms with Gasteiger partial charge in [0.1, 0.15) is 23.6 Å². The number of imidazole rings is 1. The average molecular weight is 1070 g/mol. The van der Waals surface area contributed by atoms with Crippen LogP contribution >= 0.6 is 0 Å². The molecular weight excluding hydrogens is 1000 g/mol. The summed E-state index contributed by atoms with van der Waals surface area (Å²) in [5, 5.41) is 6.66. The Morgan fingerprint density at radius 2 is 1.05 bits per heavy atom. The van der Waals surface area contributed by atoms with Gasteiger partial charge in [-0.3, -0.25) is 9.13 Å². The molecule has 0 aliphatic carbocycles. The van der Waals surface area contributed by atoms with E-state index in [-0.39, 0.29) is 52.3 Å². The summed E-state index contributed by atoms with van der Waals surface area (Å²) in [5.74, 6) is 1.99. The SMILES string of the molecule is [2H]c1c([2H])c([2H])c(-c2cc(C(C)(C)C)cc(-c3c([2H])c([2H])c([2H])c(-c4cccc5c4ncn5-c4cc(Oc5ccc6c7ccccc7n(-c7cc(C(C)(C)C)ccn7)c6c5)cc([Si](c5ccccc5)(c5ccccc5)c5ccccc5)c4)c3[2H])c2C)c([2H])c1[2H]. The van der Waals surface area contributed by atoms with Crippen LogP contribution in [0.2, 0.25) is 0 Å². The zero-order valence-electron chi connectivity index (χ0n) is 55.3. The van der Waals surface area contributed by atoms with E-state index in [9.17, 15) is 5.48 Å². The first kappa shape index (κ1) is 41.7. The quantitative estimate of drug-likeness (QED) is 0.0958. The lowest BCUT2D eigenvalue weighted by atomic mass is 9.81. The van der Waals surface area contributed by atoms with Crippen molar-refractivity contribution in [2.45, 2.75) is 59.3 Å². The number of hydrogen-bond acceptors (Lipinski definition) is 3. The Bertz CT molecular complexity index is 4890. The number of rotatable bonds is 11. The highest BCUT2D eigenvalue weighted by atomic mass is 28.3. The summed E-state index contributed by atoms with van der Waals surface area (Å²) in [6.45, 7) is 14.3. The minimum absolute atomic E-state index is 0.00304. The summed E-state index contributed by atoms with van der Waals surface area (Å²) in [5.41, 5.74) is 6.79. The Kier molecular flexibility index (Phi) is 10.5. The van der Waals surface area contributed by atoms with Crippen molar-refractivity contribution in [3.05, 3.63) is 278 Å². The third-order valence-electron chi connectivity index (χ3n) is 15.7. The van der Waals surface area contributed by atoms with E-state index >= 15 is 0 Å². The van der Waals surface area contributed by atoms with E-state index in [1.165, 1.54) is 0 Å². The topological polar surface area (TPSA) is 44.9 Å². The molecule has 0 amide bonds. The van der Waals surface area contributed by atoms with E-state index in [4.69, 9.17) is 21.6 Å². The monoisotopic (exact) mass is 1070 g/mol. The van der Waals surface area contributed by atoms with Crippen molar-refractivity contribution in [1.82, 2.24) is 19.1 Å². The van der Waals surface area contributed by atoms with E-state index in [1.54, 1.807) is 19.3 Å². The number of aromatic nitrogens is 4. The van der Waals surface area contributed by atoms with Crippen LogP contribution < -0.4 is 25.5 Å². The molecule has 0 saturated heterocycles. The second-order valence-electron chi connectivity index (χ2n) is 22.8. The lowest BCUT2D eigenvalue weighted by Crippen LogP contribution is -2.74. The Morgan fingerprint density at radius 3 is 1.72 bits per heavy atom. The Hall–Kier alpha value is -9.36. The van der Waals surface area contributed by atoms with Crippen molar-refractivity contribution in [2.24, 2.45) is 0 Å².